The summed E-state index contributed by atoms with van der Waals surface area (Å²) in [6.45, 7) is 11.0. The van der Waals surface area contributed by atoms with Crippen molar-refractivity contribution >= 4 is 0 Å². The van der Waals surface area contributed by atoms with E-state index in [1.807, 2.05) is 0 Å². The number of piperidine rings is 3. The molecule has 2 atom stereocenters. The van der Waals surface area contributed by atoms with Crippen LogP contribution in [-0.4, -0.2) is 36.6 Å². The highest BCUT2D eigenvalue weighted by atomic mass is 15.2. The maximum Gasteiger partial charge on any atom is 0.0226 e. The van der Waals surface area contributed by atoms with E-state index in [0.717, 1.165) is 5.92 Å². The lowest BCUT2D eigenvalue weighted by atomic mass is 9.78. The Morgan fingerprint density at radius 2 is 1.86 bits per heavy atom. The van der Waals surface area contributed by atoms with Crippen molar-refractivity contribution in [2.75, 3.05) is 19.6 Å². The molecule has 1 aromatic carbocycles. The van der Waals surface area contributed by atoms with Crippen molar-refractivity contribution in [3.63, 3.8) is 0 Å². The second-order valence-corrected chi connectivity index (χ2v) is 7.77. The van der Waals surface area contributed by atoms with Gasteiger partial charge in [-0.3, -0.25) is 0 Å². The van der Waals surface area contributed by atoms with Gasteiger partial charge in [-0.05, 0) is 56.2 Å². The van der Waals surface area contributed by atoms with Crippen LogP contribution in [0.25, 0.3) is 0 Å². The largest absolute Gasteiger partial charge is 0.310 e. The van der Waals surface area contributed by atoms with E-state index in [1.165, 1.54) is 44.5 Å². The van der Waals surface area contributed by atoms with Crippen LogP contribution in [0.2, 0.25) is 0 Å². The molecule has 0 aliphatic carbocycles. The molecule has 2 unspecified atom stereocenters. The molecule has 1 N–H and O–H groups in total. The van der Waals surface area contributed by atoms with Crippen LogP contribution in [0.1, 0.15) is 45.6 Å². The molecule has 2 bridgehead atoms. The Morgan fingerprint density at radius 3 is 2.43 bits per heavy atom. The Balaban J connectivity index is 1.57. The summed E-state index contributed by atoms with van der Waals surface area (Å²) < 4.78 is 0. The predicted molar refractivity (Wildman–Crippen MR) is 89.6 cm³/mol. The summed E-state index contributed by atoms with van der Waals surface area (Å²) in [6, 6.07) is 12.2. The summed E-state index contributed by atoms with van der Waals surface area (Å²) in [7, 11) is 0. The zero-order valence-corrected chi connectivity index (χ0v) is 13.8. The smallest absolute Gasteiger partial charge is 0.0226 e. The molecule has 2 nitrogen and oxygen atoms in total. The van der Waals surface area contributed by atoms with Gasteiger partial charge in [0.1, 0.15) is 0 Å². The predicted octanol–water partition coefficient (Wildman–Crippen LogP) is 3.43. The second-order valence-electron chi connectivity index (χ2n) is 7.77. The molecule has 3 aliphatic heterocycles. The molecular weight excluding hydrogens is 256 g/mol. The third-order valence-electron chi connectivity index (χ3n) is 5.53. The third-order valence-corrected chi connectivity index (χ3v) is 5.53. The minimum Gasteiger partial charge on any atom is -0.310 e. The lowest BCUT2D eigenvalue weighted by Gasteiger charge is -2.46. The Hall–Kier alpha value is -0.860. The Kier molecular flexibility index (Phi) is 4.37. The molecular formula is C19H30N2. The zero-order valence-electron chi connectivity index (χ0n) is 13.8. The minimum atomic E-state index is 0.238. The van der Waals surface area contributed by atoms with Crippen molar-refractivity contribution < 1.29 is 0 Å². The second kappa shape index (κ2) is 6.10. The number of hydrogen-bond acceptors (Lipinski definition) is 2. The van der Waals surface area contributed by atoms with Crippen molar-refractivity contribution in [1.82, 2.24) is 10.2 Å². The molecule has 3 heterocycles. The molecule has 0 saturated carbocycles. The maximum atomic E-state index is 3.93. The Bertz CT molecular complexity index is 446. The molecule has 0 amide bonds. The van der Waals surface area contributed by atoms with Crippen molar-refractivity contribution in [1.29, 1.82) is 0 Å². The van der Waals surface area contributed by atoms with E-state index < -0.39 is 0 Å². The summed E-state index contributed by atoms with van der Waals surface area (Å²) in [5, 5.41) is 3.93. The van der Waals surface area contributed by atoms with Crippen LogP contribution in [0.4, 0.5) is 0 Å². The average molecular weight is 286 g/mol. The molecule has 3 fully saturated rings. The van der Waals surface area contributed by atoms with Gasteiger partial charge in [-0.1, -0.05) is 44.2 Å². The summed E-state index contributed by atoms with van der Waals surface area (Å²) in [5.41, 5.74) is 1.69. The monoisotopic (exact) mass is 286 g/mol. The van der Waals surface area contributed by atoms with Crippen molar-refractivity contribution in [2.24, 2.45) is 5.92 Å². The van der Waals surface area contributed by atoms with Gasteiger partial charge in [-0.15, -0.1) is 0 Å². The highest BCUT2D eigenvalue weighted by Crippen LogP contribution is 2.31. The van der Waals surface area contributed by atoms with E-state index in [2.05, 4.69) is 61.3 Å². The van der Waals surface area contributed by atoms with Crippen LogP contribution in [0.5, 0.6) is 0 Å². The number of nitrogens with one attached hydrogen (secondary N) is 1. The molecule has 2 heteroatoms. The summed E-state index contributed by atoms with van der Waals surface area (Å²) in [5.74, 6) is 0.914. The molecule has 3 saturated heterocycles. The highest BCUT2D eigenvalue weighted by Gasteiger charge is 2.35. The van der Waals surface area contributed by atoms with Crippen LogP contribution in [-0.2, 0) is 5.41 Å². The fraction of sp³-hybridized carbons (Fsp3) is 0.684. The van der Waals surface area contributed by atoms with Gasteiger partial charge in [0.15, 0.2) is 0 Å². The van der Waals surface area contributed by atoms with Crippen molar-refractivity contribution in [3.05, 3.63) is 35.9 Å². The lowest BCUT2D eigenvalue weighted by molar-refractivity contribution is 0.0662. The standard InChI is InChI=1S/C19H30N2/c1-15(13-19(2,3)17-7-5-4-6-8-17)20-18-14-21-11-9-16(18)10-12-21/h4-8,15-16,18,20H,9-14H2,1-3H3. The Labute approximate surface area is 129 Å². The van der Waals surface area contributed by atoms with Gasteiger partial charge < -0.3 is 10.2 Å². The first kappa shape index (κ1) is 15.1. The molecule has 3 aliphatic rings. The molecule has 0 aromatic heterocycles. The van der Waals surface area contributed by atoms with Crippen LogP contribution in [0, 0.1) is 5.92 Å². The van der Waals surface area contributed by atoms with E-state index >= 15 is 0 Å². The van der Waals surface area contributed by atoms with Gasteiger partial charge >= 0.3 is 0 Å². The number of fused-ring (bicyclic) bond motifs is 3. The van der Waals surface area contributed by atoms with Gasteiger partial charge in [0.25, 0.3) is 0 Å². The van der Waals surface area contributed by atoms with Gasteiger partial charge in [0.05, 0.1) is 0 Å². The quantitative estimate of drug-likeness (QED) is 0.892. The molecule has 0 radical (unpaired) electrons. The van der Waals surface area contributed by atoms with Gasteiger partial charge in [-0.25, -0.2) is 0 Å². The molecule has 0 spiro atoms. The zero-order chi connectivity index (χ0) is 14.9. The fourth-order valence-electron chi connectivity index (χ4n) is 4.35. The van der Waals surface area contributed by atoms with Crippen LogP contribution < -0.4 is 5.32 Å². The number of rotatable bonds is 5. The first-order valence-electron chi connectivity index (χ1n) is 8.58. The SMILES string of the molecule is CC(CC(C)(C)c1ccccc1)NC1CN2CCC1CC2. The van der Waals surface area contributed by atoms with E-state index in [0.29, 0.717) is 12.1 Å². The van der Waals surface area contributed by atoms with Gasteiger partial charge in [0.2, 0.25) is 0 Å². The van der Waals surface area contributed by atoms with E-state index in [4.69, 9.17) is 0 Å². The lowest BCUT2D eigenvalue weighted by Crippen LogP contribution is -2.58. The van der Waals surface area contributed by atoms with Gasteiger partial charge in [0, 0.05) is 18.6 Å². The summed E-state index contributed by atoms with van der Waals surface area (Å²) in [4.78, 5) is 2.63. The van der Waals surface area contributed by atoms with Crippen LogP contribution >= 0.6 is 0 Å². The fourth-order valence-corrected chi connectivity index (χ4v) is 4.35. The Morgan fingerprint density at radius 1 is 1.19 bits per heavy atom. The topological polar surface area (TPSA) is 15.3 Å². The van der Waals surface area contributed by atoms with Crippen LogP contribution in [0.15, 0.2) is 30.3 Å². The average Bonchev–Trinajstić information content (AvgIpc) is 2.49. The third kappa shape index (κ3) is 3.49. The minimum absolute atomic E-state index is 0.238. The number of benzene rings is 1. The van der Waals surface area contributed by atoms with E-state index in [9.17, 15) is 0 Å². The summed E-state index contributed by atoms with van der Waals surface area (Å²) in [6.07, 6.45) is 3.99. The molecule has 1 aromatic rings. The highest BCUT2D eigenvalue weighted by molar-refractivity contribution is 5.23. The first-order valence-corrected chi connectivity index (χ1v) is 8.58. The first-order chi connectivity index (χ1) is 10.0. The van der Waals surface area contributed by atoms with Gasteiger partial charge in [-0.2, -0.15) is 0 Å². The summed E-state index contributed by atoms with van der Waals surface area (Å²) >= 11 is 0. The maximum absolute atomic E-state index is 3.93. The van der Waals surface area contributed by atoms with E-state index in [1.54, 1.807) is 0 Å². The molecule has 116 valence electrons. The van der Waals surface area contributed by atoms with Crippen molar-refractivity contribution in [2.45, 2.75) is 57.5 Å². The molecule has 4 rings (SSSR count). The van der Waals surface area contributed by atoms with Crippen LogP contribution in [0.3, 0.4) is 0 Å². The van der Waals surface area contributed by atoms with E-state index in [-0.39, 0.29) is 5.41 Å². The molecule has 21 heavy (non-hydrogen) atoms. The number of nitrogens with zero attached hydrogens (tertiary/aromatic N) is 1. The number of hydrogen-bond donors (Lipinski definition) is 1. The normalized spacial score (nSPS) is 30.3. The van der Waals surface area contributed by atoms with Crippen molar-refractivity contribution in [3.8, 4) is 0 Å².